The predicted octanol–water partition coefficient (Wildman–Crippen LogP) is 1.99. The molecule has 0 saturated carbocycles. The molecule has 0 radical (unpaired) electrons. The van der Waals surface area contributed by atoms with Crippen LogP contribution in [0.3, 0.4) is 0 Å². The van der Waals surface area contributed by atoms with Gasteiger partial charge in [-0.25, -0.2) is 4.98 Å². The normalized spacial score (nSPS) is 11.1. The van der Waals surface area contributed by atoms with Crippen molar-refractivity contribution in [2.75, 3.05) is 0 Å². The number of imidazole rings is 1. The molecular formula is C15H14N2O2. The molecule has 0 unspecified atom stereocenters. The molecule has 4 heteroatoms. The zero-order valence-electron chi connectivity index (χ0n) is 10.3. The Morgan fingerprint density at radius 1 is 0.842 bits per heavy atom. The van der Waals surface area contributed by atoms with Crippen LogP contribution in [-0.2, 0) is 13.2 Å². The summed E-state index contributed by atoms with van der Waals surface area (Å²) in [7, 11) is 0. The highest BCUT2D eigenvalue weighted by atomic mass is 16.3. The van der Waals surface area contributed by atoms with Crippen LogP contribution in [0.4, 0.5) is 0 Å². The van der Waals surface area contributed by atoms with E-state index >= 15 is 0 Å². The van der Waals surface area contributed by atoms with Gasteiger partial charge in [-0.1, -0.05) is 30.3 Å². The third-order valence-electron chi connectivity index (χ3n) is 3.13. The van der Waals surface area contributed by atoms with E-state index in [0.29, 0.717) is 0 Å². The standard InChI is InChI=1S/C15H14N2O2/c18-9-11-1-4-13(5-2-11)14-8-17-7-12(10-19)3-6-15(17)16-14/h1-8,18-19H,9-10H2. The van der Waals surface area contributed by atoms with E-state index in [4.69, 9.17) is 10.2 Å². The average Bonchev–Trinajstić information content (AvgIpc) is 2.90. The van der Waals surface area contributed by atoms with Gasteiger partial charge >= 0.3 is 0 Å². The fourth-order valence-corrected chi connectivity index (χ4v) is 2.05. The molecule has 0 bridgehead atoms. The van der Waals surface area contributed by atoms with Crippen molar-refractivity contribution in [3.8, 4) is 11.3 Å². The Balaban J connectivity index is 2.04. The van der Waals surface area contributed by atoms with Crippen molar-refractivity contribution in [1.82, 2.24) is 9.38 Å². The number of nitrogens with zero attached hydrogens (tertiary/aromatic N) is 2. The quantitative estimate of drug-likeness (QED) is 0.751. The van der Waals surface area contributed by atoms with Crippen LogP contribution < -0.4 is 0 Å². The van der Waals surface area contributed by atoms with Gasteiger partial charge in [-0.15, -0.1) is 0 Å². The van der Waals surface area contributed by atoms with Gasteiger partial charge in [0, 0.05) is 18.0 Å². The Morgan fingerprint density at radius 2 is 1.53 bits per heavy atom. The maximum Gasteiger partial charge on any atom is 0.137 e. The first-order valence-electron chi connectivity index (χ1n) is 6.09. The largest absolute Gasteiger partial charge is 0.392 e. The number of fused-ring (bicyclic) bond motifs is 1. The van der Waals surface area contributed by atoms with Crippen molar-refractivity contribution in [2.45, 2.75) is 13.2 Å². The fourth-order valence-electron chi connectivity index (χ4n) is 2.05. The first kappa shape index (κ1) is 11.9. The highest BCUT2D eigenvalue weighted by molar-refractivity contribution is 5.63. The summed E-state index contributed by atoms with van der Waals surface area (Å²) < 4.78 is 1.90. The molecule has 2 N–H and O–H groups in total. The highest BCUT2D eigenvalue weighted by Crippen LogP contribution is 2.20. The second-order valence-corrected chi connectivity index (χ2v) is 4.44. The van der Waals surface area contributed by atoms with E-state index in [2.05, 4.69) is 4.98 Å². The molecule has 0 fully saturated rings. The van der Waals surface area contributed by atoms with E-state index < -0.39 is 0 Å². The first-order chi connectivity index (χ1) is 9.30. The van der Waals surface area contributed by atoms with Gasteiger partial charge in [0.2, 0.25) is 0 Å². The average molecular weight is 254 g/mol. The Morgan fingerprint density at radius 3 is 2.21 bits per heavy atom. The lowest BCUT2D eigenvalue weighted by Crippen LogP contribution is -1.88. The third-order valence-corrected chi connectivity index (χ3v) is 3.13. The van der Waals surface area contributed by atoms with Gasteiger partial charge in [0.15, 0.2) is 0 Å². The van der Waals surface area contributed by atoms with Crippen LogP contribution in [0.2, 0.25) is 0 Å². The first-order valence-corrected chi connectivity index (χ1v) is 6.09. The zero-order chi connectivity index (χ0) is 13.2. The van der Waals surface area contributed by atoms with Crippen LogP contribution in [-0.4, -0.2) is 19.6 Å². The summed E-state index contributed by atoms with van der Waals surface area (Å²) in [6, 6.07) is 11.4. The number of aliphatic hydroxyl groups excluding tert-OH is 2. The summed E-state index contributed by atoms with van der Waals surface area (Å²) in [4.78, 5) is 4.53. The molecule has 2 heterocycles. The van der Waals surface area contributed by atoms with Gasteiger partial charge < -0.3 is 14.6 Å². The van der Waals surface area contributed by atoms with Gasteiger partial charge in [0.05, 0.1) is 18.9 Å². The number of aromatic nitrogens is 2. The molecule has 0 aliphatic carbocycles. The molecular weight excluding hydrogens is 240 g/mol. The molecule has 96 valence electrons. The summed E-state index contributed by atoms with van der Waals surface area (Å²) in [5.41, 5.74) is 4.46. The molecule has 0 saturated heterocycles. The summed E-state index contributed by atoms with van der Waals surface area (Å²) >= 11 is 0. The van der Waals surface area contributed by atoms with Crippen LogP contribution in [0, 0.1) is 0 Å². The minimum absolute atomic E-state index is 0.0225. The number of benzene rings is 1. The minimum Gasteiger partial charge on any atom is -0.392 e. The molecule has 1 aromatic carbocycles. The van der Waals surface area contributed by atoms with E-state index in [1.54, 1.807) is 0 Å². The van der Waals surface area contributed by atoms with Crippen molar-refractivity contribution in [2.24, 2.45) is 0 Å². The topological polar surface area (TPSA) is 57.8 Å². The Kier molecular flexibility index (Phi) is 3.03. The lowest BCUT2D eigenvalue weighted by atomic mass is 10.1. The van der Waals surface area contributed by atoms with Crippen LogP contribution >= 0.6 is 0 Å². The van der Waals surface area contributed by atoms with Crippen molar-refractivity contribution < 1.29 is 10.2 Å². The lowest BCUT2D eigenvalue weighted by molar-refractivity contribution is 0.281. The van der Waals surface area contributed by atoms with Crippen molar-refractivity contribution in [1.29, 1.82) is 0 Å². The molecule has 0 aliphatic rings. The van der Waals surface area contributed by atoms with Gasteiger partial charge in [-0.05, 0) is 17.2 Å². The summed E-state index contributed by atoms with van der Waals surface area (Å²) in [5.74, 6) is 0. The molecule has 0 spiro atoms. The van der Waals surface area contributed by atoms with Crippen molar-refractivity contribution in [3.63, 3.8) is 0 Å². The van der Waals surface area contributed by atoms with Crippen LogP contribution in [0.1, 0.15) is 11.1 Å². The molecule has 2 aromatic heterocycles. The van der Waals surface area contributed by atoms with Gasteiger partial charge in [-0.3, -0.25) is 0 Å². The molecule has 19 heavy (non-hydrogen) atoms. The number of aliphatic hydroxyl groups is 2. The van der Waals surface area contributed by atoms with E-state index in [0.717, 1.165) is 28.0 Å². The number of hydrogen-bond donors (Lipinski definition) is 2. The summed E-state index contributed by atoms with van der Waals surface area (Å²) in [6.07, 6.45) is 3.80. The summed E-state index contributed by atoms with van der Waals surface area (Å²) in [5, 5.41) is 18.1. The molecule has 0 amide bonds. The fraction of sp³-hybridized carbons (Fsp3) is 0.133. The van der Waals surface area contributed by atoms with Crippen molar-refractivity contribution >= 4 is 5.65 Å². The van der Waals surface area contributed by atoms with Gasteiger partial charge in [-0.2, -0.15) is 0 Å². The van der Waals surface area contributed by atoms with Crippen LogP contribution in [0.25, 0.3) is 16.9 Å². The molecule has 3 aromatic rings. The Hall–Kier alpha value is -2.17. The SMILES string of the molecule is OCc1ccc(-c2cn3cc(CO)ccc3n2)cc1. The third kappa shape index (κ3) is 2.23. The van der Waals surface area contributed by atoms with Gasteiger partial charge in [0.25, 0.3) is 0 Å². The molecule has 4 nitrogen and oxygen atoms in total. The molecule has 0 aliphatic heterocycles. The summed E-state index contributed by atoms with van der Waals surface area (Å²) in [6.45, 7) is 0.0694. The second-order valence-electron chi connectivity index (χ2n) is 4.44. The number of hydrogen-bond acceptors (Lipinski definition) is 3. The van der Waals surface area contributed by atoms with E-state index in [1.807, 2.05) is 53.2 Å². The Labute approximate surface area is 110 Å². The minimum atomic E-state index is 0.0225. The maximum atomic E-state index is 9.12. The number of pyridine rings is 1. The highest BCUT2D eigenvalue weighted by Gasteiger charge is 2.04. The second kappa shape index (κ2) is 4.84. The zero-order valence-corrected chi connectivity index (χ0v) is 10.3. The smallest absolute Gasteiger partial charge is 0.137 e. The molecule has 0 atom stereocenters. The Bertz CT molecular complexity index is 702. The van der Waals surface area contributed by atoms with Gasteiger partial charge in [0.1, 0.15) is 5.65 Å². The van der Waals surface area contributed by atoms with E-state index in [9.17, 15) is 0 Å². The van der Waals surface area contributed by atoms with Crippen molar-refractivity contribution in [3.05, 3.63) is 59.9 Å². The lowest BCUT2D eigenvalue weighted by Gasteiger charge is -1.98. The monoisotopic (exact) mass is 254 g/mol. The predicted molar refractivity (Wildman–Crippen MR) is 72.5 cm³/mol. The van der Waals surface area contributed by atoms with Crippen LogP contribution in [0.5, 0.6) is 0 Å². The molecule has 3 rings (SSSR count). The van der Waals surface area contributed by atoms with E-state index in [1.165, 1.54) is 0 Å². The van der Waals surface area contributed by atoms with Crippen LogP contribution in [0.15, 0.2) is 48.8 Å². The maximum absolute atomic E-state index is 9.12. The van der Waals surface area contributed by atoms with E-state index in [-0.39, 0.29) is 13.2 Å². The number of rotatable bonds is 3.